The van der Waals surface area contributed by atoms with Crippen LogP contribution < -0.4 is 11.1 Å². The van der Waals surface area contributed by atoms with Gasteiger partial charge in [0.05, 0.1) is 22.3 Å². The number of hydrogen-bond donors (Lipinski definition) is 3. The fourth-order valence-corrected chi connectivity index (χ4v) is 2.52. The van der Waals surface area contributed by atoms with Crippen molar-refractivity contribution in [1.82, 2.24) is 5.32 Å². The molecule has 4 nitrogen and oxygen atoms in total. The fourth-order valence-electron chi connectivity index (χ4n) is 1.56. The predicted molar refractivity (Wildman–Crippen MR) is 82.2 cm³/mol. The van der Waals surface area contributed by atoms with Gasteiger partial charge in [-0.15, -0.1) is 0 Å². The summed E-state index contributed by atoms with van der Waals surface area (Å²) in [5, 5.41) is 12.4. The molecular formula is C12H16Cl2N2O2S. The average Bonchev–Trinajstić information content (AvgIpc) is 2.36. The van der Waals surface area contributed by atoms with Crippen LogP contribution in [0.1, 0.15) is 17.3 Å². The summed E-state index contributed by atoms with van der Waals surface area (Å²) in [6.45, 7) is 1.82. The number of nitrogens with one attached hydrogen (secondary N) is 1. The van der Waals surface area contributed by atoms with Crippen LogP contribution in [0, 0.1) is 0 Å². The van der Waals surface area contributed by atoms with Gasteiger partial charge in [-0.2, -0.15) is 11.8 Å². The molecule has 2 unspecified atom stereocenters. The molecule has 0 saturated carbocycles. The Kier molecular flexibility index (Phi) is 6.26. The molecule has 0 spiro atoms. The molecule has 0 aliphatic carbocycles. The molecule has 0 aliphatic rings. The van der Waals surface area contributed by atoms with Crippen molar-refractivity contribution < 1.29 is 9.90 Å². The van der Waals surface area contributed by atoms with E-state index in [4.69, 9.17) is 28.9 Å². The van der Waals surface area contributed by atoms with Crippen LogP contribution in [0.15, 0.2) is 12.1 Å². The monoisotopic (exact) mass is 322 g/mol. The summed E-state index contributed by atoms with van der Waals surface area (Å²) in [7, 11) is 0. The molecule has 0 bridgehead atoms. The van der Waals surface area contributed by atoms with Gasteiger partial charge in [0.2, 0.25) is 0 Å². The van der Waals surface area contributed by atoms with Crippen LogP contribution in [0.2, 0.25) is 10.0 Å². The number of halogens is 2. The van der Waals surface area contributed by atoms with E-state index < -0.39 is 0 Å². The van der Waals surface area contributed by atoms with Crippen molar-refractivity contribution in [2.24, 2.45) is 0 Å². The molecule has 1 rings (SSSR count). The van der Waals surface area contributed by atoms with Gasteiger partial charge in [0, 0.05) is 16.9 Å². The van der Waals surface area contributed by atoms with E-state index in [1.54, 1.807) is 0 Å². The van der Waals surface area contributed by atoms with Crippen LogP contribution in [-0.2, 0) is 0 Å². The normalized spacial score (nSPS) is 13.9. The molecule has 0 saturated heterocycles. The standard InChI is InChI=1S/C12H16Cl2N2O2S/c1-6(10(5-17)19-2)16-12(18)7-3-8(13)11(14)9(15)4-7/h3-4,6,10,17H,5,15H2,1-2H3,(H,16,18). The first-order valence-electron chi connectivity index (χ1n) is 5.59. The highest BCUT2D eigenvalue weighted by Crippen LogP contribution is 2.29. The number of anilines is 1. The topological polar surface area (TPSA) is 75.3 Å². The number of carbonyl (C=O) groups excluding carboxylic acids is 1. The number of carbonyl (C=O) groups is 1. The van der Waals surface area contributed by atoms with Crippen LogP contribution in [0.5, 0.6) is 0 Å². The molecule has 1 aromatic carbocycles. The first-order chi connectivity index (χ1) is 8.90. The fraction of sp³-hybridized carbons (Fsp3) is 0.417. The van der Waals surface area contributed by atoms with Crippen molar-refractivity contribution >= 4 is 46.6 Å². The second-order valence-corrected chi connectivity index (χ2v) is 5.94. The molecule has 19 heavy (non-hydrogen) atoms. The van der Waals surface area contributed by atoms with E-state index in [-0.39, 0.29) is 39.5 Å². The minimum absolute atomic E-state index is 0.00781. The number of rotatable bonds is 5. The van der Waals surface area contributed by atoms with Gasteiger partial charge in [-0.25, -0.2) is 0 Å². The molecule has 0 radical (unpaired) electrons. The third-order valence-electron chi connectivity index (χ3n) is 2.72. The molecular weight excluding hydrogens is 307 g/mol. The van der Waals surface area contributed by atoms with Crippen molar-refractivity contribution in [1.29, 1.82) is 0 Å². The van der Waals surface area contributed by atoms with Crippen molar-refractivity contribution in [2.45, 2.75) is 18.2 Å². The van der Waals surface area contributed by atoms with Gasteiger partial charge in [0.25, 0.3) is 5.91 Å². The second kappa shape index (κ2) is 7.24. The van der Waals surface area contributed by atoms with E-state index in [1.165, 1.54) is 23.9 Å². The Hall–Kier alpha value is -0.620. The summed E-state index contributed by atoms with van der Waals surface area (Å²) in [6.07, 6.45) is 1.88. The van der Waals surface area contributed by atoms with E-state index in [2.05, 4.69) is 5.32 Å². The Morgan fingerprint density at radius 3 is 2.63 bits per heavy atom. The Labute approximate surface area is 126 Å². The largest absolute Gasteiger partial charge is 0.397 e. The predicted octanol–water partition coefficient (Wildman–Crippen LogP) is 2.42. The number of aliphatic hydroxyl groups is 1. The highest BCUT2D eigenvalue weighted by Gasteiger charge is 2.19. The summed E-state index contributed by atoms with van der Waals surface area (Å²) in [5.74, 6) is -0.301. The molecule has 0 fully saturated rings. The molecule has 106 valence electrons. The van der Waals surface area contributed by atoms with E-state index in [0.717, 1.165) is 0 Å². The number of amides is 1. The van der Waals surface area contributed by atoms with Crippen molar-refractivity contribution in [3.8, 4) is 0 Å². The Morgan fingerprint density at radius 2 is 2.16 bits per heavy atom. The molecule has 0 heterocycles. The summed E-state index contributed by atoms with van der Waals surface area (Å²) in [6, 6.07) is 2.77. The van der Waals surface area contributed by atoms with Crippen LogP contribution in [0.3, 0.4) is 0 Å². The quantitative estimate of drug-likeness (QED) is 0.728. The number of nitrogen functional groups attached to an aromatic ring is 1. The van der Waals surface area contributed by atoms with Gasteiger partial charge in [-0.05, 0) is 25.3 Å². The SMILES string of the molecule is CSC(CO)C(C)NC(=O)c1cc(N)c(Cl)c(Cl)c1. The zero-order chi connectivity index (χ0) is 14.6. The zero-order valence-electron chi connectivity index (χ0n) is 10.6. The Balaban J connectivity index is 2.84. The molecule has 7 heteroatoms. The first-order valence-corrected chi connectivity index (χ1v) is 7.64. The van der Waals surface area contributed by atoms with Gasteiger partial charge in [-0.3, -0.25) is 4.79 Å². The number of benzene rings is 1. The van der Waals surface area contributed by atoms with E-state index in [0.29, 0.717) is 5.56 Å². The molecule has 0 aliphatic heterocycles. The lowest BCUT2D eigenvalue weighted by Crippen LogP contribution is -2.41. The highest BCUT2D eigenvalue weighted by atomic mass is 35.5. The molecule has 1 amide bonds. The summed E-state index contributed by atoms with van der Waals surface area (Å²) >= 11 is 13.2. The number of thioether (sulfide) groups is 1. The van der Waals surface area contributed by atoms with Crippen molar-refractivity contribution in [2.75, 3.05) is 18.6 Å². The minimum atomic E-state index is -0.301. The maximum Gasteiger partial charge on any atom is 0.251 e. The lowest BCUT2D eigenvalue weighted by atomic mass is 10.1. The second-order valence-electron chi connectivity index (χ2n) is 4.08. The minimum Gasteiger partial charge on any atom is -0.397 e. The van der Waals surface area contributed by atoms with Crippen LogP contribution in [0.25, 0.3) is 0 Å². The van der Waals surface area contributed by atoms with Crippen LogP contribution >= 0.6 is 35.0 Å². The van der Waals surface area contributed by atoms with Crippen molar-refractivity contribution in [3.05, 3.63) is 27.7 Å². The average molecular weight is 323 g/mol. The molecule has 1 aromatic rings. The number of aliphatic hydroxyl groups excluding tert-OH is 1. The number of nitrogens with two attached hydrogens (primary N) is 1. The van der Waals surface area contributed by atoms with Crippen molar-refractivity contribution in [3.63, 3.8) is 0 Å². The lowest BCUT2D eigenvalue weighted by molar-refractivity contribution is 0.0936. The zero-order valence-corrected chi connectivity index (χ0v) is 12.9. The lowest BCUT2D eigenvalue weighted by Gasteiger charge is -2.21. The highest BCUT2D eigenvalue weighted by molar-refractivity contribution is 7.99. The maximum absolute atomic E-state index is 12.0. The van der Waals surface area contributed by atoms with Gasteiger partial charge in [-0.1, -0.05) is 23.2 Å². The summed E-state index contributed by atoms with van der Waals surface area (Å²) in [5.41, 5.74) is 6.27. The summed E-state index contributed by atoms with van der Waals surface area (Å²) < 4.78 is 0. The van der Waals surface area contributed by atoms with E-state index in [1.807, 2.05) is 13.2 Å². The molecule has 0 aromatic heterocycles. The molecule has 4 N–H and O–H groups in total. The Morgan fingerprint density at radius 1 is 1.53 bits per heavy atom. The van der Waals surface area contributed by atoms with Gasteiger partial charge in [0.1, 0.15) is 0 Å². The smallest absolute Gasteiger partial charge is 0.251 e. The van der Waals surface area contributed by atoms with Gasteiger partial charge >= 0.3 is 0 Å². The Bertz CT molecular complexity index is 444. The third kappa shape index (κ3) is 4.18. The van der Waals surface area contributed by atoms with Crippen LogP contribution in [0.4, 0.5) is 5.69 Å². The van der Waals surface area contributed by atoms with Gasteiger partial charge < -0.3 is 16.2 Å². The number of hydrogen-bond acceptors (Lipinski definition) is 4. The summed E-state index contributed by atoms with van der Waals surface area (Å²) in [4.78, 5) is 12.0. The van der Waals surface area contributed by atoms with E-state index in [9.17, 15) is 9.90 Å². The maximum atomic E-state index is 12.0. The van der Waals surface area contributed by atoms with E-state index >= 15 is 0 Å². The van der Waals surface area contributed by atoms with Gasteiger partial charge in [0.15, 0.2) is 0 Å². The molecule has 2 atom stereocenters. The third-order valence-corrected chi connectivity index (χ3v) is 4.70. The first kappa shape index (κ1) is 16.4. The van der Waals surface area contributed by atoms with Crippen LogP contribution in [-0.4, -0.2) is 35.2 Å².